The predicted molar refractivity (Wildman–Crippen MR) is 76.0 cm³/mol. The standard InChI is InChI=1S/C16H19NO/c1-10-7-14(8-11(2)16(10)18)12(3)13-5-4-6-15(17)9-13/h4-9,12,18H,17H2,1-3H3. The van der Waals surface area contributed by atoms with Crippen LogP contribution in [0.5, 0.6) is 5.75 Å². The number of nitrogens with two attached hydrogens (primary N) is 1. The van der Waals surface area contributed by atoms with Crippen molar-refractivity contribution < 1.29 is 5.11 Å². The second kappa shape index (κ2) is 4.73. The van der Waals surface area contributed by atoms with Crippen molar-refractivity contribution in [3.8, 4) is 5.75 Å². The lowest BCUT2D eigenvalue weighted by atomic mass is 9.90. The maximum Gasteiger partial charge on any atom is 0.121 e. The molecule has 0 amide bonds. The zero-order valence-electron chi connectivity index (χ0n) is 11.1. The van der Waals surface area contributed by atoms with Crippen molar-refractivity contribution in [2.45, 2.75) is 26.7 Å². The van der Waals surface area contributed by atoms with Gasteiger partial charge in [0.05, 0.1) is 0 Å². The van der Waals surface area contributed by atoms with Crippen molar-refractivity contribution in [2.75, 3.05) is 5.73 Å². The largest absolute Gasteiger partial charge is 0.507 e. The monoisotopic (exact) mass is 241 g/mol. The summed E-state index contributed by atoms with van der Waals surface area (Å²) < 4.78 is 0. The number of hydrogen-bond acceptors (Lipinski definition) is 2. The van der Waals surface area contributed by atoms with Gasteiger partial charge in [0, 0.05) is 11.6 Å². The van der Waals surface area contributed by atoms with Gasteiger partial charge >= 0.3 is 0 Å². The first-order chi connectivity index (χ1) is 8.49. The van der Waals surface area contributed by atoms with E-state index in [0.29, 0.717) is 5.75 Å². The Kier molecular flexibility index (Phi) is 3.28. The van der Waals surface area contributed by atoms with Gasteiger partial charge in [0.1, 0.15) is 5.75 Å². The van der Waals surface area contributed by atoms with Gasteiger partial charge in [-0.1, -0.05) is 31.2 Å². The lowest BCUT2D eigenvalue weighted by Crippen LogP contribution is -1.99. The number of phenols is 1. The molecule has 0 bridgehead atoms. The van der Waals surface area contributed by atoms with Crippen molar-refractivity contribution >= 4 is 5.69 Å². The molecule has 0 aliphatic carbocycles. The normalized spacial score (nSPS) is 12.4. The molecule has 2 rings (SSSR count). The molecular formula is C16H19NO. The first-order valence-electron chi connectivity index (χ1n) is 6.14. The fraction of sp³-hybridized carbons (Fsp3) is 0.250. The highest BCUT2D eigenvalue weighted by Gasteiger charge is 2.11. The van der Waals surface area contributed by atoms with E-state index in [0.717, 1.165) is 16.8 Å². The SMILES string of the molecule is Cc1cc(C(C)c2cccc(N)c2)cc(C)c1O. The molecule has 0 saturated heterocycles. The van der Waals surface area contributed by atoms with E-state index in [-0.39, 0.29) is 5.92 Å². The van der Waals surface area contributed by atoms with Crippen molar-refractivity contribution in [1.82, 2.24) is 0 Å². The number of phenolic OH excluding ortho intramolecular Hbond substituents is 1. The highest BCUT2D eigenvalue weighted by atomic mass is 16.3. The maximum atomic E-state index is 9.81. The van der Waals surface area contributed by atoms with Crippen LogP contribution in [0, 0.1) is 13.8 Å². The van der Waals surface area contributed by atoms with Gasteiger partial charge in [-0.25, -0.2) is 0 Å². The van der Waals surface area contributed by atoms with Gasteiger partial charge in [0.25, 0.3) is 0 Å². The van der Waals surface area contributed by atoms with Crippen LogP contribution in [-0.4, -0.2) is 5.11 Å². The van der Waals surface area contributed by atoms with Crippen LogP contribution in [0.2, 0.25) is 0 Å². The topological polar surface area (TPSA) is 46.2 Å². The van der Waals surface area contributed by atoms with Gasteiger partial charge in [-0.2, -0.15) is 0 Å². The van der Waals surface area contributed by atoms with Gasteiger partial charge in [-0.15, -0.1) is 0 Å². The van der Waals surface area contributed by atoms with Crippen LogP contribution in [0.15, 0.2) is 36.4 Å². The van der Waals surface area contributed by atoms with E-state index in [9.17, 15) is 5.11 Å². The van der Waals surface area contributed by atoms with Crippen LogP contribution in [-0.2, 0) is 0 Å². The van der Waals surface area contributed by atoms with Crippen molar-refractivity contribution in [3.05, 3.63) is 58.7 Å². The Morgan fingerprint density at radius 1 is 1.00 bits per heavy atom. The molecule has 0 radical (unpaired) electrons. The number of aryl methyl sites for hydroxylation is 2. The van der Waals surface area contributed by atoms with Crippen LogP contribution in [0.3, 0.4) is 0 Å². The highest BCUT2D eigenvalue weighted by Crippen LogP contribution is 2.30. The summed E-state index contributed by atoms with van der Waals surface area (Å²) >= 11 is 0. The molecule has 18 heavy (non-hydrogen) atoms. The van der Waals surface area contributed by atoms with Gasteiger partial charge in [0.2, 0.25) is 0 Å². The maximum absolute atomic E-state index is 9.81. The third-order valence-electron chi connectivity index (χ3n) is 3.42. The fourth-order valence-electron chi connectivity index (χ4n) is 2.26. The molecule has 2 aromatic rings. The van der Waals surface area contributed by atoms with Crippen molar-refractivity contribution in [2.24, 2.45) is 0 Å². The van der Waals surface area contributed by atoms with Crippen molar-refractivity contribution in [3.63, 3.8) is 0 Å². The first-order valence-corrected chi connectivity index (χ1v) is 6.14. The summed E-state index contributed by atoms with van der Waals surface area (Å²) in [5, 5.41) is 9.81. The molecular weight excluding hydrogens is 222 g/mol. The molecule has 2 heteroatoms. The van der Waals surface area contributed by atoms with Gasteiger partial charge in [-0.05, 0) is 48.2 Å². The third-order valence-corrected chi connectivity index (χ3v) is 3.42. The predicted octanol–water partition coefficient (Wildman–Crippen LogP) is 3.74. The molecule has 1 unspecified atom stereocenters. The average molecular weight is 241 g/mol. The van der Waals surface area contributed by atoms with Crippen molar-refractivity contribution in [1.29, 1.82) is 0 Å². The first kappa shape index (κ1) is 12.5. The quantitative estimate of drug-likeness (QED) is 0.787. The smallest absolute Gasteiger partial charge is 0.121 e. The molecule has 0 aromatic heterocycles. The summed E-state index contributed by atoms with van der Waals surface area (Å²) in [5.41, 5.74) is 10.8. The Morgan fingerprint density at radius 3 is 2.17 bits per heavy atom. The number of aromatic hydroxyl groups is 1. The van der Waals surface area contributed by atoms with E-state index in [1.807, 2.05) is 44.2 Å². The van der Waals surface area contributed by atoms with Crippen LogP contribution < -0.4 is 5.73 Å². The van der Waals surface area contributed by atoms with E-state index < -0.39 is 0 Å². The summed E-state index contributed by atoms with van der Waals surface area (Å²) in [6.07, 6.45) is 0. The fourth-order valence-corrected chi connectivity index (χ4v) is 2.26. The number of benzene rings is 2. The number of rotatable bonds is 2. The number of anilines is 1. The average Bonchev–Trinajstić information content (AvgIpc) is 2.34. The molecule has 0 heterocycles. The molecule has 94 valence electrons. The summed E-state index contributed by atoms with van der Waals surface area (Å²) in [4.78, 5) is 0. The minimum Gasteiger partial charge on any atom is -0.507 e. The summed E-state index contributed by atoms with van der Waals surface area (Å²) in [6.45, 7) is 6.01. The molecule has 0 spiro atoms. The number of hydrogen-bond donors (Lipinski definition) is 2. The lowest BCUT2D eigenvalue weighted by molar-refractivity contribution is 0.466. The van der Waals surface area contributed by atoms with E-state index in [2.05, 4.69) is 13.0 Å². The molecule has 3 N–H and O–H groups in total. The highest BCUT2D eigenvalue weighted by molar-refractivity contribution is 5.48. The Labute approximate surface area is 108 Å². The second-order valence-electron chi connectivity index (χ2n) is 4.90. The minimum atomic E-state index is 0.270. The zero-order valence-corrected chi connectivity index (χ0v) is 11.1. The summed E-state index contributed by atoms with van der Waals surface area (Å²) in [7, 11) is 0. The Morgan fingerprint density at radius 2 is 1.61 bits per heavy atom. The van der Waals surface area contributed by atoms with E-state index in [1.54, 1.807) is 0 Å². The van der Waals surface area contributed by atoms with Crippen LogP contribution >= 0.6 is 0 Å². The minimum absolute atomic E-state index is 0.270. The molecule has 0 aliphatic rings. The number of nitrogen functional groups attached to an aromatic ring is 1. The summed E-state index contributed by atoms with van der Waals surface area (Å²) in [6, 6.07) is 12.0. The third kappa shape index (κ3) is 2.33. The lowest BCUT2D eigenvalue weighted by Gasteiger charge is -2.15. The molecule has 1 atom stereocenters. The van der Waals surface area contributed by atoms with E-state index in [1.165, 1.54) is 11.1 Å². The van der Waals surface area contributed by atoms with E-state index in [4.69, 9.17) is 5.73 Å². The van der Waals surface area contributed by atoms with Crippen LogP contribution in [0.25, 0.3) is 0 Å². The van der Waals surface area contributed by atoms with Gasteiger partial charge in [-0.3, -0.25) is 0 Å². The molecule has 2 nitrogen and oxygen atoms in total. The zero-order chi connectivity index (χ0) is 13.3. The molecule has 0 fully saturated rings. The van der Waals surface area contributed by atoms with Gasteiger partial charge < -0.3 is 10.8 Å². The Bertz CT molecular complexity index is 552. The van der Waals surface area contributed by atoms with Crippen LogP contribution in [0.4, 0.5) is 5.69 Å². The van der Waals surface area contributed by atoms with E-state index >= 15 is 0 Å². The summed E-state index contributed by atoms with van der Waals surface area (Å²) in [5.74, 6) is 0.657. The van der Waals surface area contributed by atoms with Gasteiger partial charge in [0.15, 0.2) is 0 Å². The second-order valence-corrected chi connectivity index (χ2v) is 4.90. The Hall–Kier alpha value is -1.96. The Balaban J connectivity index is 2.43. The molecule has 0 saturated carbocycles. The van der Waals surface area contributed by atoms with Crippen LogP contribution in [0.1, 0.15) is 35.1 Å². The molecule has 0 aliphatic heterocycles. The molecule has 2 aromatic carbocycles.